The lowest BCUT2D eigenvalue weighted by atomic mass is 9.87. The molecule has 3 fully saturated rings. The lowest BCUT2D eigenvalue weighted by molar-refractivity contribution is -0.139. The van der Waals surface area contributed by atoms with Gasteiger partial charge in [0.25, 0.3) is 0 Å². The molecule has 6 rings (SSSR count). The molecule has 3 aromatic rings. The van der Waals surface area contributed by atoms with Gasteiger partial charge in [-0.25, -0.2) is 9.59 Å². The molecule has 0 saturated carbocycles. The van der Waals surface area contributed by atoms with Crippen molar-refractivity contribution < 1.29 is 38.2 Å². The van der Waals surface area contributed by atoms with Crippen LogP contribution in [0.25, 0.3) is 0 Å². The van der Waals surface area contributed by atoms with Crippen LogP contribution in [0.3, 0.4) is 0 Å². The Balaban J connectivity index is 1.17. The summed E-state index contributed by atoms with van der Waals surface area (Å²) in [6.07, 6.45) is 2.77. The zero-order valence-electron chi connectivity index (χ0n) is 39.3. The molecule has 15 heteroatoms. The fraction of sp³-hybridized carbons (Fsp3) is 0.520. The van der Waals surface area contributed by atoms with Gasteiger partial charge in [0.2, 0.25) is 23.6 Å². The number of nitrogens with zero attached hydrogens (tertiary/aromatic N) is 3. The molecule has 3 aromatic carbocycles. The molecule has 0 spiro atoms. The van der Waals surface area contributed by atoms with Crippen molar-refractivity contribution in [1.82, 2.24) is 20.4 Å². The van der Waals surface area contributed by atoms with Crippen LogP contribution < -0.4 is 26.2 Å². The van der Waals surface area contributed by atoms with E-state index in [1.807, 2.05) is 52.0 Å². The third kappa shape index (κ3) is 11.2. The Hall–Kier alpha value is -6.12. The maximum atomic E-state index is 13.7. The summed E-state index contributed by atoms with van der Waals surface area (Å²) in [5.41, 5.74) is 5.75. The highest BCUT2D eigenvalue weighted by atomic mass is 16.5. The molecular formula is C50H67N7O8. The number of ether oxygens (including phenoxy) is 2. The van der Waals surface area contributed by atoms with Gasteiger partial charge in [-0.15, -0.1) is 0 Å². The number of nitrogens with one attached hydrogen (secondary N) is 4. The molecule has 1 unspecified atom stereocenters. The summed E-state index contributed by atoms with van der Waals surface area (Å²) in [7, 11) is 2.50. The normalized spacial score (nSPS) is 20.6. The van der Waals surface area contributed by atoms with E-state index in [2.05, 4.69) is 95.5 Å². The molecule has 15 nitrogen and oxygen atoms in total. The van der Waals surface area contributed by atoms with Crippen LogP contribution >= 0.6 is 0 Å². The average molecular weight is 894 g/mol. The van der Waals surface area contributed by atoms with Gasteiger partial charge in [0.15, 0.2) is 0 Å². The van der Waals surface area contributed by atoms with Crippen LogP contribution in [-0.2, 0) is 34.1 Å². The van der Waals surface area contributed by atoms with E-state index in [0.29, 0.717) is 50.1 Å². The Labute approximate surface area is 383 Å². The minimum atomic E-state index is -0.814. The number of methoxy groups -OCH3 is 2. The molecule has 65 heavy (non-hydrogen) atoms. The van der Waals surface area contributed by atoms with Crippen molar-refractivity contribution in [2.75, 3.05) is 42.8 Å². The number of carbonyl (C=O) groups excluding carboxylic acids is 6. The van der Waals surface area contributed by atoms with Crippen molar-refractivity contribution in [2.24, 2.45) is 11.8 Å². The summed E-state index contributed by atoms with van der Waals surface area (Å²) in [5.74, 6) is -1.55. The fourth-order valence-corrected chi connectivity index (χ4v) is 9.35. The molecule has 3 aliphatic heterocycles. The van der Waals surface area contributed by atoms with Gasteiger partial charge in [-0.05, 0) is 109 Å². The molecule has 0 aliphatic carbocycles. The highest BCUT2D eigenvalue weighted by Gasteiger charge is 2.41. The summed E-state index contributed by atoms with van der Waals surface area (Å²) in [4.78, 5) is 84.1. The Morgan fingerprint density at radius 1 is 0.569 bits per heavy atom. The minimum absolute atomic E-state index is 0.0132. The highest BCUT2D eigenvalue weighted by Crippen LogP contribution is 2.47. The molecular weight excluding hydrogens is 827 g/mol. The Kier molecular flexibility index (Phi) is 15.5. The zero-order valence-corrected chi connectivity index (χ0v) is 39.3. The van der Waals surface area contributed by atoms with Crippen molar-refractivity contribution in [3.8, 4) is 0 Å². The van der Waals surface area contributed by atoms with E-state index in [-0.39, 0.29) is 53.0 Å². The predicted octanol–water partition coefficient (Wildman–Crippen LogP) is 7.69. The van der Waals surface area contributed by atoms with E-state index >= 15 is 0 Å². The van der Waals surface area contributed by atoms with E-state index in [1.165, 1.54) is 19.8 Å². The number of hydrogen-bond acceptors (Lipinski definition) is 9. The zero-order chi connectivity index (χ0) is 47.2. The van der Waals surface area contributed by atoms with Gasteiger partial charge in [-0.2, -0.15) is 0 Å². The molecule has 0 radical (unpaired) electrons. The second-order valence-corrected chi connectivity index (χ2v) is 19.1. The predicted molar refractivity (Wildman–Crippen MR) is 250 cm³/mol. The number of benzene rings is 3. The topological polar surface area (TPSA) is 179 Å². The summed E-state index contributed by atoms with van der Waals surface area (Å²) >= 11 is 0. The second-order valence-electron chi connectivity index (χ2n) is 19.1. The maximum Gasteiger partial charge on any atom is 0.407 e. The average Bonchev–Trinajstić information content (AvgIpc) is 4.08. The first-order valence-corrected chi connectivity index (χ1v) is 22.9. The highest BCUT2D eigenvalue weighted by molar-refractivity contribution is 5.99. The molecule has 6 amide bonds. The van der Waals surface area contributed by atoms with Crippen LogP contribution in [0, 0.1) is 11.8 Å². The molecule has 350 valence electrons. The molecule has 0 aromatic heterocycles. The van der Waals surface area contributed by atoms with Crippen molar-refractivity contribution in [3.63, 3.8) is 0 Å². The summed E-state index contributed by atoms with van der Waals surface area (Å²) in [6, 6.07) is 21.7. The fourth-order valence-electron chi connectivity index (χ4n) is 9.35. The Morgan fingerprint density at radius 2 is 0.954 bits per heavy atom. The van der Waals surface area contributed by atoms with Crippen LogP contribution in [0.15, 0.2) is 72.8 Å². The third-order valence-electron chi connectivity index (χ3n) is 13.0. The standard InChI is InChI=1S/C50H67N7O8/c1-30(2)42(53-48(62)64-8)46(60)55-28-10-12-40(55)44(58)51-35-20-14-32(15-21-35)38-26-27-39(57(38)37-24-18-34(19-25-37)50(5,6)7)33-16-22-36(23-17-33)52-45(59)41-13-11-29-56(41)47(61)43(31(3)4)54-49(63)65-9/h14-25,30-31,38-43H,10-13,26-29H2,1-9H3,(H,51,58)(H,52,59)(H,53,62)(H,54,63)/t38-,39-,40-,41-,42+,43?/m0/s1. The lowest BCUT2D eigenvalue weighted by Gasteiger charge is -2.34. The van der Waals surface area contributed by atoms with Crippen LogP contribution in [0.5, 0.6) is 0 Å². The number of likely N-dealkylation sites (tertiary alicyclic amines) is 2. The molecule has 3 heterocycles. The summed E-state index contributed by atoms with van der Waals surface area (Å²) in [6.45, 7) is 14.8. The Bertz CT molecular complexity index is 2050. The van der Waals surface area contributed by atoms with Gasteiger partial charge >= 0.3 is 12.2 Å². The van der Waals surface area contributed by atoms with Gasteiger partial charge in [0.05, 0.1) is 26.3 Å². The van der Waals surface area contributed by atoms with E-state index < -0.39 is 36.4 Å². The van der Waals surface area contributed by atoms with Crippen LogP contribution in [0.2, 0.25) is 0 Å². The number of anilines is 3. The third-order valence-corrected chi connectivity index (χ3v) is 13.0. The number of alkyl carbamates (subject to hydrolysis) is 2. The van der Waals surface area contributed by atoms with Crippen molar-refractivity contribution in [2.45, 2.75) is 129 Å². The number of rotatable bonds is 13. The summed E-state index contributed by atoms with van der Waals surface area (Å²) in [5, 5.41) is 11.3. The van der Waals surface area contributed by atoms with Gasteiger partial charge < -0.3 is 45.4 Å². The van der Waals surface area contributed by atoms with Crippen molar-refractivity contribution >= 4 is 52.9 Å². The second kappa shape index (κ2) is 20.8. The molecule has 6 atom stereocenters. The number of hydrogen-bond donors (Lipinski definition) is 4. The first kappa shape index (κ1) is 48.3. The first-order valence-electron chi connectivity index (χ1n) is 22.9. The largest absolute Gasteiger partial charge is 0.453 e. The maximum absolute atomic E-state index is 13.7. The quantitative estimate of drug-likeness (QED) is 0.134. The van der Waals surface area contributed by atoms with E-state index in [4.69, 9.17) is 9.47 Å². The monoisotopic (exact) mass is 894 g/mol. The molecule has 0 bridgehead atoms. The molecule has 3 aliphatic rings. The van der Waals surface area contributed by atoms with E-state index in [9.17, 15) is 28.8 Å². The van der Waals surface area contributed by atoms with Gasteiger partial charge in [0, 0.05) is 30.2 Å². The smallest absolute Gasteiger partial charge is 0.407 e. The van der Waals surface area contributed by atoms with E-state index in [1.54, 1.807) is 9.80 Å². The first-order chi connectivity index (χ1) is 30.9. The minimum Gasteiger partial charge on any atom is -0.453 e. The SMILES string of the molecule is COC(=O)NC(C(=O)N1CCC[C@H]1C(=O)Nc1ccc([C@@H]2CC[C@@H](c3ccc(NC(=O)[C@@H]4CCCN4C(=O)[C@H](NC(=O)OC)C(C)C)cc3)N2c2ccc(C(C)(C)C)cc2)cc1)C(C)C. The van der Waals surface area contributed by atoms with E-state index in [0.717, 1.165) is 29.7 Å². The van der Waals surface area contributed by atoms with Crippen LogP contribution in [-0.4, -0.2) is 97.1 Å². The van der Waals surface area contributed by atoms with Crippen LogP contribution in [0.1, 0.15) is 116 Å². The summed E-state index contributed by atoms with van der Waals surface area (Å²) < 4.78 is 9.49. The molecule has 4 N–H and O–H groups in total. The lowest BCUT2D eigenvalue weighted by Crippen LogP contribution is -2.54. The molecule has 3 saturated heterocycles. The van der Waals surface area contributed by atoms with Gasteiger partial charge in [-0.3, -0.25) is 19.2 Å². The van der Waals surface area contributed by atoms with Crippen LogP contribution in [0.4, 0.5) is 26.7 Å². The van der Waals surface area contributed by atoms with Crippen molar-refractivity contribution in [3.05, 3.63) is 89.5 Å². The van der Waals surface area contributed by atoms with Gasteiger partial charge in [-0.1, -0.05) is 84.9 Å². The van der Waals surface area contributed by atoms with Crippen molar-refractivity contribution in [1.29, 1.82) is 0 Å². The number of carbonyl (C=O) groups is 6. The Morgan fingerprint density at radius 3 is 1.29 bits per heavy atom. The number of amides is 6. The van der Waals surface area contributed by atoms with Gasteiger partial charge in [0.1, 0.15) is 24.2 Å².